The lowest BCUT2D eigenvalue weighted by atomic mass is 9.96. The van der Waals surface area contributed by atoms with Gasteiger partial charge in [-0.1, -0.05) is 12.5 Å². The average molecular weight is 558 g/mol. The largest absolute Gasteiger partial charge is 0.369 e. The second-order valence-corrected chi connectivity index (χ2v) is 9.29. The lowest BCUT2D eigenvalue weighted by Crippen LogP contribution is -2.54. The number of carbonyl (C=O) groups excluding carboxylic acids is 1. The van der Waals surface area contributed by atoms with Crippen molar-refractivity contribution in [3.05, 3.63) is 23.9 Å². The quantitative estimate of drug-likeness (QED) is 0.271. The minimum absolute atomic E-state index is 0. The Morgan fingerprint density at radius 2 is 1.88 bits per heavy atom. The third kappa shape index (κ3) is 7.19. The van der Waals surface area contributed by atoms with Crippen LogP contribution >= 0.6 is 24.0 Å². The summed E-state index contributed by atoms with van der Waals surface area (Å²) in [5, 5.41) is 6.95. The van der Waals surface area contributed by atoms with Crippen LogP contribution in [-0.4, -0.2) is 67.1 Å². The molecule has 0 aliphatic carbocycles. The first kappa shape index (κ1) is 26.6. The molecule has 0 saturated carbocycles. The number of aromatic nitrogens is 1. The molecular formula is C23H40IN7O. The number of likely N-dealkylation sites (tertiary alicyclic amines) is 1. The van der Waals surface area contributed by atoms with Gasteiger partial charge >= 0.3 is 0 Å². The van der Waals surface area contributed by atoms with Gasteiger partial charge in [-0.25, -0.2) is 4.98 Å². The summed E-state index contributed by atoms with van der Waals surface area (Å²) < 4.78 is 0. The zero-order chi connectivity index (χ0) is 22.3. The Labute approximate surface area is 209 Å². The van der Waals surface area contributed by atoms with Crippen LogP contribution in [0.3, 0.4) is 0 Å². The molecule has 2 saturated heterocycles. The Kier molecular flexibility index (Phi) is 10.5. The van der Waals surface area contributed by atoms with Gasteiger partial charge in [0.1, 0.15) is 5.82 Å². The van der Waals surface area contributed by atoms with Gasteiger partial charge < -0.3 is 21.3 Å². The van der Waals surface area contributed by atoms with Gasteiger partial charge in [0, 0.05) is 56.4 Å². The van der Waals surface area contributed by atoms with Gasteiger partial charge in [0.15, 0.2) is 5.96 Å². The van der Waals surface area contributed by atoms with Crippen molar-refractivity contribution in [1.82, 2.24) is 20.5 Å². The SMILES string of the molecule is CN=C(NCc1cccnc1N1CCC(C(N)=O)CC1)NCC(C)(C)N1CCCCC1.I. The van der Waals surface area contributed by atoms with E-state index in [-0.39, 0.29) is 41.3 Å². The van der Waals surface area contributed by atoms with Gasteiger partial charge in [0.05, 0.1) is 0 Å². The zero-order valence-corrected chi connectivity index (χ0v) is 22.1. The Morgan fingerprint density at radius 3 is 2.50 bits per heavy atom. The molecule has 1 aromatic rings. The van der Waals surface area contributed by atoms with Gasteiger partial charge in [-0.3, -0.25) is 14.7 Å². The molecule has 0 spiro atoms. The highest BCUT2D eigenvalue weighted by Crippen LogP contribution is 2.24. The average Bonchev–Trinajstić information content (AvgIpc) is 2.80. The number of piperidine rings is 2. The summed E-state index contributed by atoms with van der Waals surface area (Å²) in [6, 6.07) is 4.06. The fourth-order valence-electron chi connectivity index (χ4n) is 4.54. The molecule has 3 heterocycles. The lowest BCUT2D eigenvalue weighted by Gasteiger charge is -2.41. The summed E-state index contributed by atoms with van der Waals surface area (Å²) in [7, 11) is 1.81. The number of anilines is 1. The van der Waals surface area contributed by atoms with Gasteiger partial charge in [-0.2, -0.15) is 0 Å². The smallest absolute Gasteiger partial charge is 0.220 e. The van der Waals surface area contributed by atoms with Crippen molar-refractivity contribution >= 4 is 41.7 Å². The molecule has 1 amide bonds. The second-order valence-electron chi connectivity index (χ2n) is 9.29. The molecule has 4 N–H and O–H groups in total. The molecule has 2 fully saturated rings. The maximum atomic E-state index is 11.5. The number of nitrogens with two attached hydrogens (primary N) is 1. The molecule has 0 radical (unpaired) electrons. The highest BCUT2D eigenvalue weighted by atomic mass is 127. The summed E-state index contributed by atoms with van der Waals surface area (Å²) in [5.41, 5.74) is 6.69. The highest BCUT2D eigenvalue weighted by molar-refractivity contribution is 14.0. The molecule has 2 aliphatic heterocycles. The maximum absolute atomic E-state index is 11.5. The molecule has 8 nitrogen and oxygen atoms in total. The van der Waals surface area contributed by atoms with Crippen LogP contribution in [0.25, 0.3) is 0 Å². The number of nitrogens with one attached hydrogen (secondary N) is 2. The zero-order valence-electron chi connectivity index (χ0n) is 19.8. The van der Waals surface area contributed by atoms with E-state index in [2.05, 4.69) is 50.3 Å². The van der Waals surface area contributed by atoms with Crippen LogP contribution in [0.1, 0.15) is 51.5 Å². The number of halogens is 1. The van der Waals surface area contributed by atoms with E-state index in [9.17, 15) is 4.79 Å². The number of hydrogen-bond acceptors (Lipinski definition) is 5. The van der Waals surface area contributed by atoms with Gasteiger partial charge in [0.2, 0.25) is 5.91 Å². The highest BCUT2D eigenvalue weighted by Gasteiger charge is 2.28. The van der Waals surface area contributed by atoms with E-state index < -0.39 is 0 Å². The van der Waals surface area contributed by atoms with Crippen molar-refractivity contribution in [1.29, 1.82) is 0 Å². The third-order valence-corrected chi connectivity index (χ3v) is 6.63. The fourth-order valence-corrected chi connectivity index (χ4v) is 4.54. The number of rotatable bonds is 7. The monoisotopic (exact) mass is 557 g/mol. The second kappa shape index (κ2) is 12.6. The standard InChI is InChI=1S/C23H39N7O.HI/c1-23(2,30-12-5-4-6-13-30)17-28-22(25-3)27-16-19-8-7-11-26-21(19)29-14-9-18(10-15-29)20(24)31;/h7-8,11,18H,4-6,9-10,12-17H2,1-3H3,(H2,24,31)(H2,25,27,28);1H. The van der Waals surface area contributed by atoms with Crippen molar-refractivity contribution < 1.29 is 4.79 Å². The number of aliphatic imine (C=N–C) groups is 1. The van der Waals surface area contributed by atoms with E-state index in [0.29, 0.717) is 6.54 Å². The minimum atomic E-state index is -0.190. The number of guanidine groups is 1. The van der Waals surface area contributed by atoms with E-state index in [0.717, 1.165) is 49.8 Å². The maximum Gasteiger partial charge on any atom is 0.220 e. The van der Waals surface area contributed by atoms with Crippen molar-refractivity contribution in [2.24, 2.45) is 16.6 Å². The first-order valence-corrected chi connectivity index (χ1v) is 11.6. The molecule has 0 aromatic carbocycles. The van der Waals surface area contributed by atoms with Gasteiger partial charge in [-0.05, 0) is 58.7 Å². The predicted molar refractivity (Wildman–Crippen MR) is 141 cm³/mol. The van der Waals surface area contributed by atoms with Crippen LogP contribution in [-0.2, 0) is 11.3 Å². The summed E-state index contributed by atoms with van der Waals surface area (Å²) in [6.45, 7) is 10.0. The van der Waals surface area contributed by atoms with Crippen molar-refractivity contribution in [3.8, 4) is 0 Å². The number of carbonyl (C=O) groups is 1. The van der Waals surface area contributed by atoms with Crippen LogP contribution in [0.15, 0.2) is 23.3 Å². The summed E-state index contributed by atoms with van der Waals surface area (Å²) in [6.07, 6.45) is 7.32. The van der Waals surface area contributed by atoms with Crippen LogP contribution in [0.4, 0.5) is 5.82 Å². The number of primary amides is 1. The molecule has 180 valence electrons. The van der Waals surface area contributed by atoms with Gasteiger partial charge in [-0.15, -0.1) is 24.0 Å². The van der Waals surface area contributed by atoms with Crippen LogP contribution in [0.2, 0.25) is 0 Å². The number of amides is 1. The normalized spacial score (nSPS) is 18.7. The number of hydrogen-bond donors (Lipinski definition) is 3. The Morgan fingerprint density at radius 1 is 1.19 bits per heavy atom. The van der Waals surface area contributed by atoms with E-state index in [1.54, 1.807) is 0 Å². The molecular weight excluding hydrogens is 517 g/mol. The van der Waals surface area contributed by atoms with Crippen LogP contribution in [0, 0.1) is 5.92 Å². The minimum Gasteiger partial charge on any atom is -0.369 e. The van der Waals surface area contributed by atoms with Crippen LogP contribution in [0.5, 0.6) is 0 Å². The molecule has 0 unspecified atom stereocenters. The van der Waals surface area contributed by atoms with E-state index in [1.807, 2.05) is 19.3 Å². The molecule has 0 atom stereocenters. The molecule has 1 aromatic heterocycles. The molecule has 2 aliphatic rings. The van der Waals surface area contributed by atoms with Crippen LogP contribution < -0.4 is 21.3 Å². The summed E-state index contributed by atoms with van der Waals surface area (Å²) >= 11 is 0. The van der Waals surface area contributed by atoms with E-state index in [4.69, 9.17) is 5.73 Å². The Balaban J connectivity index is 0.00000363. The predicted octanol–water partition coefficient (Wildman–Crippen LogP) is 2.33. The first-order valence-electron chi connectivity index (χ1n) is 11.6. The van der Waals surface area contributed by atoms with Crippen molar-refractivity contribution in [2.75, 3.05) is 44.7 Å². The number of nitrogens with zero attached hydrogens (tertiary/aromatic N) is 4. The summed E-state index contributed by atoms with van der Waals surface area (Å²) in [4.78, 5) is 25.3. The Bertz CT molecular complexity index is 756. The van der Waals surface area contributed by atoms with Crippen molar-refractivity contribution in [2.45, 2.75) is 58.0 Å². The molecule has 32 heavy (non-hydrogen) atoms. The molecule has 9 heteroatoms. The van der Waals surface area contributed by atoms with E-state index >= 15 is 0 Å². The topological polar surface area (TPSA) is 98.9 Å². The van der Waals surface area contributed by atoms with Gasteiger partial charge in [0.25, 0.3) is 0 Å². The fraction of sp³-hybridized carbons (Fsp3) is 0.696. The van der Waals surface area contributed by atoms with Crippen molar-refractivity contribution in [3.63, 3.8) is 0 Å². The first-order chi connectivity index (χ1) is 14.9. The number of pyridine rings is 1. The molecule has 0 bridgehead atoms. The lowest BCUT2D eigenvalue weighted by molar-refractivity contribution is -0.122. The molecule has 3 rings (SSSR count). The van der Waals surface area contributed by atoms with E-state index in [1.165, 1.54) is 32.4 Å². The summed E-state index contributed by atoms with van der Waals surface area (Å²) in [5.74, 6) is 1.56. The Hall–Kier alpha value is -1.62. The third-order valence-electron chi connectivity index (χ3n) is 6.63.